The van der Waals surface area contributed by atoms with Gasteiger partial charge in [-0.25, -0.2) is 0 Å². The van der Waals surface area contributed by atoms with Crippen LogP contribution in [0.15, 0.2) is 0 Å². The zero-order valence-corrected chi connectivity index (χ0v) is 12.1. The van der Waals surface area contributed by atoms with E-state index in [0.29, 0.717) is 19.0 Å². The van der Waals surface area contributed by atoms with E-state index in [0.717, 1.165) is 0 Å². The summed E-state index contributed by atoms with van der Waals surface area (Å²) >= 11 is 1.31. The van der Waals surface area contributed by atoms with Gasteiger partial charge in [0.1, 0.15) is 0 Å². The molecule has 0 saturated heterocycles. The molecule has 96 valence electrons. The summed E-state index contributed by atoms with van der Waals surface area (Å²) in [7, 11) is 1.64. The van der Waals surface area contributed by atoms with Crippen molar-refractivity contribution in [3.63, 3.8) is 0 Å². The van der Waals surface area contributed by atoms with Crippen molar-refractivity contribution in [2.45, 2.75) is 40.2 Å². The highest BCUT2D eigenvalue weighted by Gasteiger charge is 2.29. The van der Waals surface area contributed by atoms with Gasteiger partial charge < -0.3 is 9.47 Å². The highest BCUT2D eigenvalue weighted by atomic mass is 32.2. The molecule has 0 N–H and O–H groups in total. The second-order valence-electron chi connectivity index (χ2n) is 5.41. The lowest BCUT2D eigenvalue weighted by molar-refractivity contribution is -0.124. The Balaban J connectivity index is 4.05. The van der Waals surface area contributed by atoms with Crippen LogP contribution in [0.1, 0.15) is 34.6 Å². The normalized spacial score (nSPS) is 12.9. The Morgan fingerprint density at radius 1 is 1.19 bits per heavy atom. The van der Waals surface area contributed by atoms with E-state index in [-0.39, 0.29) is 10.7 Å². The minimum Gasteiger partial charge on any atom is -0.384 e. The number of hydrogen-bond donors (Lipinski definition) is 0. The molecule has 0 saturated carbocycles. The van der Waals surface area contributed by atoms with Crippen LogP contribution in [0, 0.1) is 5.41 Å². The third kappa shape index (κ3) is 7.25. The number of rotatable bonds is 6. The molecule has 0 aromatic rings. The van der Waals surface area contributed by atoms with Gasteiger partial charge in [0.25, 0.3) is 0 Å². The number of carbonyl (C=O) groups excluding carboxylic acids is 1. The highest BCUT2D eigenvalue weighted by molar-refractivity contribution is 8.13. The van der Waals surface area contributed by atoms with E-state index < -0.39 is 5.41 Å². The molecule has 16 heavy (non-hydrogen) atoms. The van der Waals surface area contributed by atoms with Crippen molar-refractivity contribution in [3.8, 4) is 0 Å². The first-order valence-corrected chi connectivity index (χ1v) is 6.48. The Kier molecular flexibility index (Phi) is 6.60. The Bertz CT molecular complexity index is 219. The minimum absolute atomic E-state index is 0.161. The van der Waals surface area contributed by atoms with Crippen LogP contribution in [-0.2, 0) is 14.3 Å². The largest absolute Gasteiger partial charge is 0.384 e. The lowest BCUT2D eigenvalue weighted by Gasteiger charge is -2.28. The molecule has 0 spiro atoms. The monoisotopic (exact) mass is 248 g/mol. The molecule has 0 aromatic carbocycles. The van der Waals surface area contributed by atoms with Crippen LogP contribution >= 0.6 is 11.8 Å². The molecule has 0 radical (unpaired) electrons. The Morgan fingerprint density at radius 2 is 1.75 bits per heavy atom. The summed E-state index contributed by atoms with van der Waals surface area (Å²) in [5, 5.41) is 0.161. The van der Waals surface area contributed by atoms with Crippen LogP contribution in [-0.4, -0.2) is 36.8 Å². The van der Waals surface area contributed by atoms with Gasteiger partial charge in [-0.2, -0.15) is 0 Å². The molecular weight excluding hydrogens is 224 g/mol. The third-order valence-corrected chi connectivity index (χ3v) is 3.12. The number of thioether (sulfide) groups is 1. The van der Waals surface area contributed by atoms with Gasteiger partial charge in [0, 0.05) is 12.9 Å². The van der Waals surface area contributed by atoms with E-state index >= 15 is 0 Å². The summed E-state index contributed by atoms with van der Waals surface area (Å²) in [6, 6.07) is 0. The second-order valence-corrected chi connectivity index (χ2v) is 6.48. The van der Waals surface area contributed by atoms with Gasteiger partial charge >= 0.3 is 0 Å². The molecule has 0 aromatic heterocycles. The molecule has 0 unspecified atom stereocenters. The van der Waals surface area contributed by atoms with Gasteiger partial charge in [-0.1, -0.05) is 11.8 Å². The van der Waals surface area contributed by atoms with Gasteiger partial charge in [-0.05, 0) is 34.6 Å². The lowest BCUT2D eigenvalue weighted by Crippen LogP contribution is -2.33. The fraction of sp³-hybridized carbons (Fsp3) is 0.917. The van der Waals surface area contributed by atoms with Gasteiger partial charge in [-0.15, -0.1) is 0 Å². The van der Waals surface area contributed by atoms with Crippen LogP contribution < -0.4 is 0 Å². The smallest absolute Gasteiger partial charge is 0.196 e. The second kappa shape index (κ2) is 6.62. The van der Waals surface area contributed by atoms with Crippen molar-refractivity contribution in [1.29, 1.82) is 0 Å². The Labute approximate surface area is 103 Å². The maximum absolute atomic E-state index is 11.9. The fourth-order valence-electron chi connectivity index (χ4n) is 0.869. The first-order valence-electron chi connectivity index (χ1n) is 5.49. The molecule has 0 fully saturated rings. The van der Waals surface area contributed by atoms with Crippen LogP contribution in [0.4, 0.5) is 0 Å². The topological polar surface area (TPSA) is 35.5 Å². The number of methoxy groups -OCH3 is 1. The third-order valence-electron chi connectivity index (χ3n) is 1.94. The predicted octanol–water partition coefficient (Wildman–Crippen LogP) is 2.73. The zero-order chi connectivity index (χ0) is 12.8. The molecule has 0 heterocycles. The Morgan fingerprint density at radius 3 is 2.19 bits per heavy atom. The molecular formula is C12H24O3S. The summed E-state index contributed by atoms with van der Waals surface area (Å²) in [4.78, 5) is 11.9. The molecule has 0 rings (SSSR count). The molecule has 0 aliphatic rings. The Hall–Kier alpha value is -0.0600. The number of ether oxygens (including phenoxy) is 2. The van der Waals surface area contributed by atoms with E-state index in [1.807, 2.05) is 34.6 Å². The molecule has 0 bridgehead atoms. The van der Waals surface area contributed by atoms with E-state index in [1.54, 1.807) is 7.11 Å². The molecule has 0 atom stereocenters. The van der Waals surface area contributed by atoms with Crippen LogP contribution in [0.3, 0.4) is 0 Å². The minimum atomic E-state index is -0.439. The molecule has 3 nitrogen and oxygen atoms in total. The van der Waals surface area contributed by atoms with Crippen LogP contribution in [0.5, 0.6) is 0 Å². The van der Waals surface area contributed by atoms with Crippen molar-refractivity contribution >= 4 is 16.9 Å². The summed E-state index contributed by atoms with van der Waals surface area (Å²) in [5.74, 6) is 0.703. The molecule has 0 aliphatic carbocycles. The van der Waals surface area contributed by atoms with Gasteiger partial charge in [0.05, 0.1) is 24.2 Å². The average Bonchev–Trinajstić information content (AvgIpc) is 2.14. The molecule has 0 aliphatic heterocycles. The quantitative estimate of drug-likeness (QED) is 0.677. The van der Waals surface area contributed by atoms with E-state index in [4.69, 9.17) is 9.47 Å². The molecule has 4 heteroatoms. The fourth-order valence-corrected chi connectivity index (χ4v) is 1.75. The standard InChI is InChI=1S/C12H24O3S/c1-11(2,3)15-9-12(4,5)10(13)16-8-7-14-6/h7-9H2,1-6H3. The summed E-state index contributed by atoms with van der Waals surface area (Å²) in [6.45, 7) is 10.9. The van der Waals surface area contributed by atoms with Crippen LogP contribution in [0.2, 0.25) is 0 Å². The van der Waals surface area contributed by atoms with E-state index in [2.05, 4.69) is 0 Å². The van der Waals surface area contributed by atoms with Crippen molar-refractivity contribution in [1.82, 2.24) is 0 Å². The highest BCUT2D eigenvalue weighted by Crippen LogP contribution is 2.26. The number of hydrogen-bond acceptors (Lipinski definition) is 4. The van der Waals surface area contributed by atoms with Crippen molar-refractivity contribution in [2.75, 3.05) is 26.1 Å². The summed E-state index contributed by atoms with van der Waals surface area (Å²) in [5.41, 5.74) is -0.638. The SMILES string of the molecule is COCCSC(=O)C(C)(C)COC(C)(C)C. The first kappa shape index (κ1) is 15.9. The lowest BCUT2D eigenvalue weighted by atomic mass is 9.96. The zero-order valence-electron chi connectivity index (χ0n) is 11.3. The van der Waals surface area contributed by atoms with Gasteiger partial charge in [-0.3, -0.25) is 4.79 Å². The van der Waals surface area contributed by atoms with Crippen molar-refractivity contribution in [2.24, 2.45) is 5.41 Å². The van der Waals surface area contributed by atoms with Crippen molar-refractivity contribution in [3.05, 3.63) is 0 Å². The average molecular weight is 248 g/mol. The van der Waals surface area contributed by atoms with Crippen molar-refractivity contribution < 1.29 is 14.3 Å². The maximum atomic E-state index is 11.9. The van der Waals surface area contributed by atoms with E-state index in [9.17, 15) is 4.79 Å². The van der Waals surface area contributed by atoms with Gasteiger partial charge in [0.15, 0.2) is 5.12 Å². The first-order chi connectivity index (χ1) is 7.19. The summed E-state index contributed by atoms with van der Waals surface area (Å²) in [6.07, 6.45) is 0. The van der Waals surface area contributed by atoms with Gasteiger partial charge in [0.2, 0.25) is 0 Å². The summed E-state index contributed by atoms with van der Waals surface area (Å²) < 4.78 is 10.6. The number of carbonyl (C=O) groups is 1. The van der Waals surface area contributed by atoms with E-state index in [1.165, 1.54) is 11.8 Å². The van der Waals surface area contributed by atoms with Crippen LogP contribution in [0.25, 0.3) is 0 Å². The predicted molar refractivity (Wildman–Crippen MR) is 68.8 cm³/mol. The maximum Gasteiger partial charge on any atom is 0.196 e. The molecule has 0 amide bonds.